The molecule has 0 saturated heterocycles. The number of benzene rings is 1. The van der Waals surface area contributed by atoms with Gasteiger partial charge in [0.05, 0.1) is 19.3 Å². The van der Waals surface area contributed by atoms with Crippen LogP contribution in [0.15, 0.2) is 24.3 Å². The zero-order valence-corrected chi connectivity index (χ0v) is 10.5. The Balaban J connectivity index is 2.78. The fourth-order valence-corrected chi connectivity index (χ4v) is 1.44. The van der Waals surface area contributed by atoms with E-state index in [1.165, 1.54) is 0 Å². The van der Waals surface area contributed by atoms with E-state index in [0.717, 1.165) is 5.56 Å². The third-order valence-electron chi connectivity index (χ3n) is 2.50. The lowest BCUT2D eigenvalue weighted by molar-refractivity contribution is 0.0764. The van der Waals surface area contributed by atoms with Crippen molar-refractivity contribution in [2.24, 2.45) is 5.73 Å². The van der Waals surface area contributed by atoms with Crippen LogP contribution in [0.1, 0.15) is 5.56 Å². The van der Waals surface area contributed by atoms with Gasteiger partial charge in [-0.05, 0) is 18.6 Å². The number of imide groups is 1. The van der Waals surface area contributed by atoms with Gasteiger partial charge in [-0.15, -0.1) is 0 Å². The second-order valence-corrected chi connectivity index (χ2v) is 4.03. The summed E-state index contributed by atoms with van der Waals surface area (Å²) < 4.78 is 0. The van der Waals surface area contributed by atoms with E-state index >= 15 is 0 Å². The Kier molecular flexibility index (Phi) is 5.28. The van der Waals surface area contributed by atoms with Gasteiger partial charge < -0.3 is 21.3 Å². The molecule has 104 valence electrons. The molecule has 0 fully saturated rings. The number of amides is 4. The molecule has 7 heteroatoms. The van der Waals surface area contributed by atoms with E-state index in [1.807, 2.05) is 6.07 Å². The van der Waals surface area contributed by atoms with Crippen molar-refractivity contribution in [1.82, 2.24) is 4.90 Å². The molecule has 0 spiro atoms. The van der Waals surface area contributed by atoms with Gasteiger partial charge in [0.25, 0.3) is 0 Å². The van der Waals surface area contributed by atoms with E-state index in [4.69, 9.17) is 10.8 Å². The molecule has 0 aliphatic rings. The lowest BCUT2D eigenvalue weighted by Gasteiger charge is -2.21. The molecule has 4 amide bonds. The summed E-state index contributed by atoms with van der Waals surface area (Å²) in [4.78, 5) is 23.7. The maximum atomic E-state index is 11.9. The number of anilines is 1. The Morgan fingerprint density at radius 2 is 2.05 bits per heavy atom. The number of aryl methyl sites for hydroxylation is 1. The maximum absolute atomic E-state index is 11.9. The number of nitrogens with zero attached hydrogens (tertiary/aromatic N) is 1. The van der Waals surface area contributed by atoms with Crippen LogP contribution in [-0.4, -0.2) is 46.4 Å². The number of aliphatic hydroxyl groups is 2. The minimum Gasteiger partial charge on any atom is -0.394 e. The van der Waals surface area contributed by atoms with Gasteiger partial charge in [0, 0.05) is 5.69 Å². The van der Waals surface area contributed by atoms with Crippen molar-refractivity contribution in [1.29, 1.82) is 0 Å². The van der Waals surface area contributed by atoms with E-state index in [-0.39, 0.29) is 6.54 Å². The molecule has 0 bridgehead atoms. The molecule has 1 rings (SSSR count). The van der Waals surface area contributed by atoms with Crippen molar-refractivity contribution in [2.45, 2.75) is 13.0 Å². The summed E-state index contributed by atoms with van der Waals surface area (Å²) in [6, 6.07) is 5.27. The molecule has 7 nitrogen and oxygen atoms in total. The molecular formula is C12H17N3O4. The van der Waals surface area contributed by atoms with Crippen LogP contribution in [0.3, 0.4) is 0 Å². The van der Waals surface area contributed by atoms with Gasteiger partial charge in [0.2, 0.25) is 0 Å². The summed E-state index contributed by atoms with van der Waals surface area (Å²) in [5.74, 6) is 0. The van der Waals surface area contributed by atoms with Crippen LogP contribution in [-0.2, 0) is 0 Å². The number of nitrogens with two attached hydrogens (primary N) is 1. The number of nitrogens with one attached hydrogen (secondary N) is 1. The molecule has 1 aromatic carbocycles. The average Bonchev–Trinajstić information content (AvgIpc) is 2.37. The first-order chi connectivity index (χ1) is 8.95. The van der Waals surface area contributed by atoms with Gasteiger partial charge in [-0.2, -0.15) is 0 Å². The third kappa shape index (κ3) is 4.23. The summed E-state index contributed by atoms with van der Waals surface area (Å²) in [5, 5.41) is 20.5. The Labute approximate surface area is 110 Å². The largest absolute Gasteiger partial charge is 0.394 e. The highest BCUT2D eigenvalue weighted by atomic mass is 16.3. The molecular weight excluding hydrogens is 250 g/mol. The zero-order valence-electron chi connectivity index (χ0n) is 10.5. The van der Waals surface area contributed by atoms with Crippen molar-refractivity contribution in [3.63, 3.8) is 0 Å². The number of carbonyl (C=O) groups is 2. The number of aliphatic hydroxyl groups excluding tert-OH is 2. The normalized spacial score (nSPS) is 11.7. The third-order valence-corrected chi connectivity index (χ3v) is 2.50. The molecule has 0 aliphatic carbocycles. The number of para-hydroxylation sites is 1. The molecule has 0 heterocycles. The Bertz CT molecular complexity index is 464. The summed E-state index contributed by atoms with van der Waals surface area (Å²) in [5.41, 5.74) is 6.43. The molecule has 1 unspecified atom stereocenters. The number of hydrogen-bond donors (Lipinski definition) is 4. The van der Waals surface area contributed by atoms with E-state index in [9.17, 15) is 14.7 Å². The van der Waals surface area contributed by atoms with E-state index < -0.39 is 24.8 Å². The van der Waals surface area contributed by atoms with Crippen LogP contribution >= 0.6 is 0 Å². The molecule has 19 heavy (non-hydrogen) atoms. The second-order valence-electron chi connectivity index (χ2n) is 4.03. The minimum absolute atomic E-state index is 0.371. The summed E-state index contributed by atoms with van der Waals surface area (Å²) in [6.45, 7) is 0.859. The number of carbonyl (C=O) groups excluding carboxylic acids is 2. The van der Waals surface area contributed by atoms with Crippen molar-refractivity contribution in [3.8, 4) is 0 Å². The van der Waals surface area contributed by atoms with Crippen molar-refractivity contribution in [2.75, 3.05) is 18.5 Å². The SMILES string of the molecule is Cc1ccccc1NC(=O)N(CC(O)CO)C(N)=O. The quantitative estimate of drug-likeness (QED) is 0.626. The first-order valence-electron chi connectivity index (χ1n) is 5.68. The number of hydrogen-bond acceptors (Lipinski definition) is 4. The fraction of sp³-hybridized carbons (Fsp3) is 0.333. The number of rotatable bonds is 4. The van der Waals surface area contributed by atoms with Crippen LogP contribution in [0.4, 0.5) is 15.3 Å². The molecule has 5 N–H and O–H groups in total. The van der Waals surface area contributed by atoms with Crippen molar-refractivity contribution >= 4 is 17.7 Å². The van der Waals surface area contributed by atoms with Crippen molar-refractivity contribution in [3.05, 3.63) is 29.8 Å². The first-order valence-corrected chi connectivity index (χ1v) is 5.68. The fourth-order valence-electron chi connectivity index (χ4n) is 1.44. The average molecular weight is 267 g/mol. The molecule has 1 atom stereocenters. The van der Waals surface area contributed by atoms with Crippen LogP contribution in [0.2, 0.25) is 0 Å². The second kappa shape index (κ2) is 6.72. The van der Waals surface area contributed by atoms with Gasteiger partial charge in [-0.1, -0.05) is 18.2 Å². The van der Waals surface area contributed by atoms with E-state index in [0.29, 0.717) is 10.6 Å². The van der Waals surface area contributed by atoms with Crippen LogP contribution < -0.4 is 11.1 Å². The molecule has 0 aliphatic heterocycles. The van der Waals surface area contributed by atoms with E-state index in [2.05, 4.69) is 5.32 Å². The van der Waals surface area contributed by atoms with Gasteiger partial charge >= 0.3 is 12.1 Å². The first kappa shape index (κ1) is 14.9. The summed E-state index contributed by atoms with van der Waals surface area (Å²) in [6.07, 6.45) is -1.23. The van der Waals surface area contributed by atoms with Crippen molar-refractivity contribution < 1.29 is 19.8 Å². The molecule has 0 radical (unpaired) electrons. The van der Waals surface area contributed by atoms with Gasteiger partial charge in [-0.25, -0.2) is 14.5 Å². The lowest BCUT2D eigenvalue weighted by Crippen LogP contribution is -2.47. The highest BCUT2D eigenvalue weighted by Crippen LogP contribution is 2.13. The summed E-state index contributed by atoms with van der Waals surface area (Å²) >= 11 is 0. The Morgan fingerprint density at radius 1 is 1.42 bits per heavy atom. The van der Waals surface area contributed by atoms with Crippen LogP contribution in [0.5, 0.6) is 0 Å². The van der Waals surface area contributed by atoms with Gasteiger partial charge in [-0.3, -0.25) is 0 Å². The van der Waals surface area contributed by atoms with Crippen LogP contribution in [0.25, 0.3) is 0 Å². The topological polar surface area (TPSA) is 116 Å². The highest BCUT2D eigenvalue weighted by Gasteiger charge is 2.22. The maximum Gasteiger partial charge on any atom is 0.330 e. The molecule has 0 saturated carbocycles. The smallest absolute Gasteiger partial charge is 0.330 e. The Hall–Kier alpha value is -2.12. The standard InChI is InChI=1S/C12H17N3O4/c1-8-4-2-3-5-10(8)14-12(19)15(11(13)18)6-9(17)7-16/h2-5,9,16-17H,6-7H2,1H3,(H2,13,18)(H,14,19). The monoisotopic (exact) mass is 267 g/mol. The van der Waals surface area contributed by atoms with Gasteiger partial charge in [0.15, 0.2) is 0 Å². The predicted octanol–water partition coefficient (Wildman–Crippen LogP) is 0.261. The molecule has 0 aromatic heterocycles. The summed E-state index contributed by atoms with van der Waals surface area (Å²) in [7, 11) is 0. The highest BCUT2D eigenvalue weighted by molar-refractivity contribution is 6.00. The Morgan fingerprint density at radius 3 is 2.58 bits per heavy atom. The predicted molar refractivity (Wildman–Crippen MR) is 69.6 cm³/mol. The number of primary amides is 1. The minimum atomic E-state index is -1.23. The van der Waals surface area contributed by atoms with Crippen LogP contribution in [0, 0.1) is 6.92 Å². The lowest BCUT2D eigenvalue weighted by atomic mass is 10.2. The number of urea groups is 2. The van der Waals surface area contributed by atoms with Gasteiger partial charge in [0.1, 0.15) is 0 Å². The molecule has 1 aromatic rings. The zero-order chi connectivity index (χ0) is 14.4. The van der Waals surface area contributed by atoms with E-state index in [1.54, 1.807) is 25.1 Å².